The van der Waals surface area contributed by atoms with Crippen LogP contribution in [0.1, 0.15) is 47.6 Å². The third kappa shape index (κ3) is 3.92. The van der Waals surface area contributed by atoms with E-state index in [2.05, 4.69) is 170 Å². The lowest BCUT2D eigenvalue weighted by atomic mass is 9.74. The third-order valence-corrected chi connectivity index (χ3v) is 12.1. The summed E-state index contributed by atoms with van der Waals surface area (Å²) in [6.45, 7) is 4.66. The number of hydrogen-bond donors (Lipinski definition) is 0. The molecule has 12 rings (SSSR count). The van der Waals surface area contributed by atoms with E-state index < -0.39 is 0 Å². The average Bonchev–Trinajstić information content (AvgIpc) is 3.87. The lowest BCUT2D eigenvalue weighted by molar-refractivity contribution is 0.612. The highest BCUT2D eigenvalue weighted by molar-refractivity contribution is 6.21. The second-order valence-electron chi connectivity index (χ2n) is 15.3. The molecule has 0 saturated heterocycles. The minimum Gasteiger partial charge on any atom is -0.439 e. The fraction of sp³-hybridized carbons (Fsp3) is 0.0800. The molecule has 10 aromatic rings. The molecule has 0 atom stereocenters. The smallest absolute Gasteiger partial charge is 0.213 e. The Kier molecular flexibility index (Phi) is 5.87. The van der Waals surface area contributed by atoms with Gasteiger partial charge in [0.05, 0.1) is 27.8 Å². The topological polar surface area (TPSA) is 43.9 Å². The van der Waals surface area contributed by atoms with Gasteiger partial charge in [0.15, 0.2) is 5.82 Å². The van der Waals surface area contributed by atoms with Gasteiger partial charge in [-0.1, -0.05) is 135 Å². The summed E-state index contributed by atoms with van der Waals surface area (Å²) in [5.74, 6) is 0.878. The van der Waals surface area contributed by atoms with Crippen molar-refractivity contribution in [3.8, 4) is 39.5 Å². The van der Waals surface area contributed by atoms with Crippen molar-refractivity contribution in [3.05, 3.63) is 186 Å². The van der Waals surface area contributed by atoms with Crippen LogP contribution in [0.25, 0.3) is 83.3 Å². The zero-order chi connectivity index (χ0) is 35.7. The van der Waals surface area contributed by atoms with Gasteiger partial charge in [0.1, 0.15) is 5.58 Å². The van der Waals surface area contributed by atoms with Gasteiger partial charge in [-0.05, 0) is 75.3 Å². The van der Waals surface area contributed by atoms with Crippen molar-refractivity contribution in [2.24, 2.45) is 0 Å². The molecule has 1 aliphatic carbocycles. The highest BCUT2D eigenvalue weighted by Gasteiger charge is 2.37. The van der Waals surface area contributed by atoms with Crippen molar-refractivity contribution in [1.29, 1.82) is 0 Å². The molecule has 0 radical (unpaired) electrons. The summed E-state index contributed by atoms with van der Waals surface area (Å²) in [4.78, 5) is 10.6. The average molecular weight is 692 g/mol. The number of hydrogen-bond acceptors (Lipinski definition) is 3. The van der Waals surface area contributed by atoms with E-state index in [4.69, 9.17) is 14.4 Å². The van der Waals surface area contributed by atoms with Crippen LogP contribution in [0, 0.1) is 0 Å². The molecule has 0 fully saturated rings. The summed E-state index contributed by atoms with van der Waals surface area (Å²) in [7, 11) is 0. The monoisotopic (exact) mass is 691 g/mol. The molecule has 1 aliphatic heterocycles. The van der Waals surface area contributed by atoms with Crippen molar-refractivity contribution in [3.63, 3.8) is 0 Å². The van der Waals surface area contributed by atoms with E-state index in [1.165, 1.54) is 55.2 Å². The van der Waals surface area contributed by atoms with Crippen LogP contribution < -0.4 is 0 Å². The van der Waals surface area contributed by atoms with Crippen LogP contribution in [0.3, 0.4) is 0 Å². The molecule has 7 aromatic carbocycles. The van der Waals surface area contributed by atoms with Crippen molar-refractivity contribution in [1.82, 2.24) is 14.5 Å². The Hall–Kier alpha value is -6.78. The van der Waals surface area contributed by atoms with Gasteiger partial charge in [-0.25, -0.2) is 9.97 Å². The summed E-state index contributed by atoms with van der Waals surface area (Å²) < 4.78 is 8.96. The van der Waals surface area contributed by atoms with E-state index >= 15 is 0 Å². The minimum absolute atomic E-state index is 0.161. The van der Waals surface area contributed by atoms with Gasteiger partial charge in [-0.3, -0.25) is 4.57 Å². The van der Waals surface area contributed by atoms with Crippen LogP contribution in [0.2, 0.25) is 0 Å². The molecule has 0 bridgehead atoms. The summed E-state index contributed by atoms with van der Waals surface area (Å²) in [6, 6.07) is 56.8. The summed E-state index contributed by atoms with van der Waals surface area (Å²) in [6.07, 6.45) is 0. The molecule has 0 N–H and O–H groups in total. The molecular formula is C50H33N3O. The highest BCUT2D eigenvalue weighted by Crippen LogP contribution is 2.51. The fourth-order valence-corrected chi connectivity index (χ4v) is 9.59. The summed E-state index contributed by atoms with van der Waals surface area (Å²) >= 11 is 0. The maximum absolute atomic E-state index is 6.62. The summed E-state index contributed by atoms with van der Waals surface area (Å²) in [5.41, 5.74) is 16.9. The molecule has 4 heterocycles. The highest BCUT2D eigenvalue weighted by atomic mass is 16.3. The van der Waals surface area contributed by atoms with Crippen molar-refractivity contribution in [2.75, 3.05) is 0 Å². The Morgan fingerprint density at radius 1 is 0.574 bits per heavy atom. The normalized spacial score (nSPS) is 14.2. The van der Waals surface area contributed by atoms with Gasteiger partial charge in [-0.2, -0.15) is 0 Å². The number of benzene rings is 7. The molecule has 3 aromatic heterocycles. The van der Waals surface area contributed by atoms with Crippen LogP contribution in [-0.4, -0.2) is 14.5 Å². The fourth-order valence-electron chi connectivity index (χ4n) is 9.59. The molecule has 0 amide bonds. The van der Waals surface area contributed by atoms with Gasteiger partial charge >= 0.3 is 0 Å². The van der Waals surface area contributed by atoms with Crippen molar-refractivity contribution >= 4 is 43.9 Å². The Morgan fingerprint density at radius 3 is 2.11 bits per heavy atom. The van der Waals surface area contributed by atoms with Crippen LogP contribution in [0.15, 0.2) is 162 Å². The molecule has 0 unspecified atom stereocenters. The van der Waals surface area contributed by atoms with Gasteiger partial charge < -0.3 is 4.42 Å². The maximum Gasteiger partial charge on any atom is 0.213 e. The molecule has 0 spiro atoms. The van der Waals surface area contributed by atoms with Crippen molar-refractivity contribution in [2.45, 2.75) is 25.2 Å². The Labute approximate surface area is 312 Å². The van der Waals surface area contributed by atoms with E-state index in [1.807, 2.05) is 6.07 Å². The number of furan rings is 1. The van der Waals surface area contributed by atoms with Crippen LogP contribution >= 0.6 is 0 Å². The largest absolute Gasteiger partial charge is 0.439 e. The molecule has 4 heteroatoms. The number of fused-ring (bicyclic) bond motifs is 11. The number of aromatic nitrogens is 3. The number of nitrogens with zero attached hydrogens (tertiary/aromatic N) is 3. The van der Waals surface area contributed by atoms with E-state index in [0.29, 0.717) is 0 Å². The first-order chi connectivity index (χ1) is 26.5. The van der Waals surface area contributed by atoms with Gasteiger partial charge in [0, 0.05) is 38.6 Å². The van der Waals surface area contributed by atoms with Crippen LogP contribution in [0.5, 0.6) is 0 Å². The lowest BCUT2D eigenvalue weighted by Crippen LogP contribution is -2.26. The molecular weight excluding hydrogens is 659 g/mol. The molecule has 54 heavy (non-hydrogen) atoms. The van der Waals surface area contributed by atoms with E-state index in [-0.39, 0.29) is 11.3 Å². The molecule has 254 valence electrons. The first-order valence-electron chi connectivity index (χ1n) is 18.7. The van der Waals surface area contributed by atoms with Crippen LogP contribution in [-0.2, 0) is 5.41 Å². The summed E-state index contributed by atoms with van der Waals surface area (Å²) in [5, 5.41) is 4.59. The second-order valence-corrected chi connectivity index (χ2v) is 15.3. The van der Waals surface area contributed by atoms with E-state index in [9.17, 15) is 0 Å². The van der Waals surface area contributed by atoms with Crippen LogP contribution in [0.4, 0.5) is 0 Å². The molecule has 4 nitrogen and oxygen atoms in total. The third-order valence-electron chi connectivity index (χ3n) is 12.1. The second kappa shape index (κ2) is 10.6. The predicted molar refractivity (Wildman–Crippen MR) is 219 cm³/mol. The predicted octanol–water partition coefficient (Wildman–Crippen LogP) is 12.6. The maximum atomic E-state index is 6.62. The minimum atomic E-state index is -0.270. The number of rotatable bonds is 3. The van der Waals surface area contributed by atoms with Crippen molar-refractivity contribution < 1.29 is 4.42 Å². The van der Waals surface area contributed by atoms with Gasteiger partial charge in [0.25, 0.3) is 0 Å². The van der Waals surface area contributed by atoms with Gasteiger partial charge in [0.2, 0.25) is 5.71 Å². The standard InChI is InChI=1S/C50H33N3O/c1-50(2)39-22-12-21-38-45-37-20-8-10-24-43(37)54-49(45)53(47(38)39)42-26-25-31(28-40(42)50)48-51-41-23-9-7-19-36(41)46(52-48)30-14-11-13-29(27-30)44-34-17-5-3-15-32(34)33-16-4-6-18-35(33)44/h3-28,44H,1-2H3. The van der Waals surface area contributed by atoms with E-state index in [1.54, 1.807) is 0 Å². The SMILES string of the molecule is CC1(C)c2cc(-c3nc(-c4cccc(C5c6ccccc6-c6ccccc65)c4)c4ccccc4n3)ccc2-n2c3oc4ccccc4c3c3cccc1c32. The first kappa shape index (κ1) is 29.8. The van der Waals surface area contributed by atoms with Gasteiger partial charge in [-0.15, -0.1) is 0 Å². The first-order valence-corrected chi connectivity index (χ1v) is 18.7. The molecule has 0 saturated carbocycles. The zero-order valence-corrected chi connectivity index (χ0v) is 29.8. The lowest BCUT2D eigenvalue weighted by Gasteiger charge is -2.34. The van der Waals surface area contributed by atoms with E-state index in [0.717, 1.165) is 55.9 Å². The Balaban J connectivity index is 1.04. The number of para-hydroxylation sites is 3. The quantitative estimate of drug-likeness (QED) is 0.185. The Morgan fingerprint density at radius 2 is 1.28 bits per heavy atom. The molecule has 2 aliphatic rings. The zero-order valence-electron chi connectivity index (χ0n) is 29.8. The Bertz CT molecular complexity index is 3170.